The molecule has 0 atom stereocenters. The molecule has 0 saturated heterocycles. The van der Waals surface area contributed by atoms with Crippen LogP contribution in [-0.2, 0) is 17.8 Å². The number of non-ortho nitro benzene ring substituents is 1. The van der Waals surface area contributed by atoms with Gasteiger partial charge in [-0.1, -0.05) is 24.3 Å². The molecule has 0 heterocycles. The minimum Gasteiger partial charge on any atom is -0.378 e. The Labute approximate surface area is 141 Å². The molecule has 0 aliphatic rings. The lowest BCUT2D eigenvalue weighted by Gasteiger charge is -2.19. The number of rotatable bonds is 6. The Morgan fingerprint density at radius 2 is 1.71 bits per heavy atom. The van der Waals surface area contributed by atoms with E-state index in [1.807, 2.05) is 37.2 Å². The predicted octanol–water partition coefficient (Wildman–Crippen LogP) is 2.86. The molecule has 6 heteroatoms. The molecular weight excluding hydrogens is 306 g/mol. The van der Waals surface area contributed by atoms with Crippen molar-refractivity contribution in [3.8, 4) is 0 Å². The molecule has 0 bridgehead atoms. The highest BCUT2D eigenvalue weighted by Gasteiger charge is 2.12. The van der Waals surface area contributed by atoms with E-state index >= 15 is 0 Å². The zero-order valence-corrected chi connectivity index (χ0v) is 14.1. The summed E-state index contributed by atoms with van der Waals surface area (Å²) in [5.74, 6) is -0.0286. The Morgan fingerprint density at radius 3 is 2.29 bits per heavy atom. The Morgan fingerprint density at radius 1 is 1.04 bits per heavy atom. The van der Waals surface area contributed by atoms with E-state index in [0.29, 0.717) is 6.54 Å². The van der Waals surface area contributed by atoms with Crippen LogP contribution >= 0.6 is 0 Å². The second-order valence-corrected chi connectivity index (χ2v) is 5.91. The number of carbonyl (C=O) groups is 1. The standard InChI is InChI=1S/C18H21N3O3/c1-19(2)17-6-4-5-15(11-17)13-20(3)18(22)12-14-7-9-16(10-8-14)21(23)24/h4-11H,12-13H2,1-3H3. The summed E-state index contributed by atoms with van der Waals surface area (Å²) in [7, 11) is 5.71. The summed E-state index contributed by atoms with van der Waals surface area (Å²) in [4.78, 5) is 26.2. The summed E-state index contributed by atoms with van der Waals surface area (Å²) >= 11 is 0. The molecule has 0 radical (unpaired) electrons. The first-order valence-corrected chi connectivity index (χ1v) is 7.60. The highest BCUT2D eigenvalue weighted by molar-refractivity contribution is 5.78. The first-order valence-electron chi connectivity index (χ1n) is 7.60. The van der Waals surface area contributed by atoms with Gasteiger partial charge in [-0.05, 0) is 23.3 Å². The quantitative estimate of drug-likeness (QED) is 0.604. The van der Waals surface area contributed by atoms with E-state index in [-0.39, 0.29) is 18.0 Å². The van der Waals surface area contributed by atoms with Crippen LogP contribution in [0.1, 0.15) is 11.1 Å². The SMILES string of the molecule is CN(Cc1cccc(N(C)C)c1)C(=O)Cc1ccc([N+](=O)[O-])cc1. The molecule has 126 valence electrons. The van der Waals surface area contributed by atoms with Crippen LogP contribution in [-0.4, -0.2) is 36.9 Å². The van der Waals surface area contributed by atoms with Gasteiger partial charge in [-0.25, -0.2) is 0 Å². The van der Waals surface area contributed by atoms with Gasteiger partial charge < -0.3 is 9.80 Å². The van der Waals surface area contributed by atoms with Crippen molar-refractivity contribution >= 4 is 17.3 Å². The first kappa shape index (κ1) is 17.5. The molecule has 6 nitrogen and oxygen atoms in total. The van der Waals surface area contributed by atoms with Crippen LogP contribution in [0, 0.1) is 10.1 Å². The number of carbonyl (C=O) groups excluding carboxylic acids is 1. The second-order valence-electron chi connectivity index (χ2n) is 5.91. The predicted molar refractivity (Wildman–Crippen MR) is 94.0 cm³/mol. The van der Waals surface area contributed by atoms with Crippen molar-refractivity contribution in [1.29, 1.82) is 0 Å². The molecule has 1 amide bonds. The number of nitro benzene ring substituents is 1. The van der Waals surface area contributed by atoms with Crippen LogP contribution in [0.3, 0.4) is 0 Å². The maximum Gasteiger partial charge on any atom is 0.269 e. The lowest BCUT2D eigenvalue weighted by atomic mass is 10.1. The summed E-state index contributed by atoms with van der Waals surface area (Å²) < 4.78 is 0. The third kappa shape index (κ3) is 4.55. The third-order valence-corrected chi connectivity index (χ3v) is 3.77. The van der Waals surface area contributed by atoms with Gasteiger partial charge in [0.05, 0.1) is 11.3 Å². The van der Waals surface area contributed by atoms with Gasteiger partial charge in [-0.2, -0.15) is 0 Å². The molecule has 0 aliphatic heterocycles. The summed E-state index contributed by atoms with van der Waals surface area (Å²) in [5, 5.41) is 10.6. The summed E-state index contributed by atoms with van der Waals surface area (Å²) in [6.07, 6.45) is 0.224. The van der Waals surface area contributed by atoms with Crippen LogP contribution < -0.4 is 4.90 Å². The number of nitrogens with zero attached hydrogens (tertiary/aromatic N) is 3. The van der Waals surface area contributed by atoms with E-state index in [1.54, 1.807) is 24.1 Å². The number of hydrogen-bond acceptors (Lipinski definition) is 4. The number of anilines is 1. The zero-order valence-electron chi connectivity index (χ0n) is 14.1. The first-order chi connectivity index (χ1) is 11.4. The van der Waals surface area contributed by atoms with Crippen molar-refractivity contribution in [3.05, 3.63) is 69.8 Å². The fourth-order valence-corrected chi connectivity index (χ4v) is 2.34. The average Bonchev–Trinajstić information content (AvgIpc) is 2.55. The molecule has 2 aromatic rings. The van der Waals surface area contributed by atoms with Gasteiger partial charge in [0.25, 0.3) is 5.69 Å². The topological polar surface area (TPSA) is 66.7 Å². The van der Waals surface area contributed by atoms with E-state index in [0.717, 1.165) is 16.8 Å². The minimum atomic E-state index is -0.449. The van der Waals surface area contributed by atoms with Crippen LogP contribution in [0.15, 0.2) is 48.5 Å². The van der Waals surface area contributed by atoms with Gasteiger partial charge in [-0.3, -0.25) is 14.9 Å². The van der Waals surface area contributed by atoms with Gasteiger partial charge in [-0.15, -0.1) is 0 Å². The molecule has 0 unspecified atom stereocenters. The Kier molecular flexibility index (Phi) is 5.52. The molecule has 2 aromatic carbocycles. The third-order valence-electron chi connectivity index (χ3n) is 3.77. The number of hydrogen-bond donors (Lipinski definition) is 0. The van der Waals surface area contributed by atoms with E-state index in [4.69, 9.17) is 0 Å². The van der Waals surface area contributed by atoms with Crippen LogP contribution in [0.4, 0.5) is 11.4 Å². The average molecular weight is 327 g/mol. The molecule has 0 N–H and O–H groups in total. The molecule has 24 heavy (non-hydrogen) atoms. The van der Waals surface area contributed by atoms with Gasteiger partial charge >= 0.3 is 0 Å². The van der Waals surface area contributed by atoms with Crippen molar-refractivity contribution in [2.75, 3.05) is 26.0 Å². The number of benzene rings is 2. The fraction of sp³-hybridized carbons (Fsp3) is 0.278. The second kappa shape index (κ2) is 7.59. The molecule has 0 aromatic heterocycles. The molecule has 0 spiro atoms. The monoisotopic (exact) mass is 327 g/mol. The van der Waals surface area contributed by atoms with Gasteiger partial charge in [0.15, 0.2) is 0 Å². The van der Waals surface area contributed by atoms with Crippen molar-refractivity contribution in [2.45, 2.75) is 13.0 Å². The largest absolute Gasteiger partial charge is 0.378 e. The zero-order chi connectivity index (χ0) is 17.7. The van der Waals surface area contributed by atoms with Crippen molar-refractivity contribution in [3.63, 3.8) is 0 Å². The van der Waals surface area contributed by atoms with E-state index in [1.165, 1.54) is 12.1 Å². The van der Waals surface area contributed by atoms with E-state index in [9.17, 15) is 14.9 Å². The van der Waals surface area contributed by atoms with Crippen LogP contribution in [0.25, 0.3) is 0 Å². The maximum atomic E-state index is 12.3. The fourth-order valence-electron chi connectivity index (χ4n) is 2.34. The summed E-state index contributed by atoms with van der Waals surface area (Å²) in [6, 6.07) is 14.1. The van der Waals surface area contributed by atoms with Crippen molar-refractivity contribution in [2.24, 2.45) is 0 Å². The normalized spacial score (nSPS) is 10.3. The minimum absolute atomic E-state index is 0.0278. The van der Waals surface area contributed by atoms with Gasteiger partial charge in [0.2, 0.25) is 5.91 Å². The van der Waals surface area contributed by atoms with Crippen molar-refractivity contribution < 1.29 is 9.72 Å². The van der Waals surface area contributed by atoms with Crippen LogP contribution in [0.2, 0.25) is 0 Å². The summed E-state index contributed by atoms with van der Waals surface area (Å²) in [6.45, 7) is 0.521. The Hall–Kier alpha value is -2.89. The smallest absolute Gasteiger partial charge is 0.269 e. The maximum absolute atomic E-state index is 12.3. The van der Waals surface area contributed by atoms with Gasteiger partial charge in [0, 0.05) is 45.5 Å². The number of amides is 1. The van der Waals surface area contributed by atoms with Crippen molar-refractivity contribution in [1.82, 2.24) is 4.90 Å². The highest BCUT2D eigenvalue weighted by atomic mass is 16.6. The molecule has 0 fully saturated rings. The van der Waals surface area contributed by atoms with Gasteiger partial charge in [0.1, 0.15) is 0 Å². The lowest BCUT2D eigenvalue weighted by molar-refractivity contribution is -0.384. The van der Waals surface area contributed by atoms with Crippen LogP contribution in [0.5, 0.6) is 0 Å². The highest BCUT2D eigenvalue weighted by Crippen LogP contribution is 2.16. The molecule has 2 rings (SSSR count). The summed E-state index contributed by atoms with van der Waals surface area (Å²) in [5.41, 5.74) is 2.93. The lowest BCUT2D eigenvalue weighted by Crippen LogP contribution is -2.27. The number of likely N-dealkylation sites (N-methyl/N-ethyl adjacent to an activating group) is 1. The van der Waals surface area contributed by atoms with E-state index in [2.05, 4.69) is 6.07 Å². The number of nitro groups is 1. The molecule has 0 saturated carbocycles. The Balaban J connectivity index is 1.99. The molecular formula is C18H21N3O3. The molecule has 0 aliphatic carbocycles. The Bertz CT molecular complexity index is 727. The van der Waals surface area contributed by atoms with E-state index < -0.39 is 4.92 Å².